The molecular formula is C19H24N2O5S. The van der Waals surface area contributed by atoms with Crippen LogP contribution in [0, 0.1) is 11.8 Å². The number of rotatable bonds is 5. The van der Waals surface area contributed by atoms with Gasteiger partial charge in [0.1, 0.15) is 0 Å². The summed E-state index contributed by atoms with van der Waals surface area (Å²) >= 11 is 5.44. The number of ether oxygens (including phenoxy) is 3. The molecule has 1 aromatic rings. The van der Waals surface area contributed by atoms with Crippen molar-refractivity contribution < 1.29 is 23.8 Å². The quantitative estimate of drug-likeness (QED) is 0.606. The fraction of sp³-hybridized carbons (Fsp3) is 0.526. The lowest BCUT2D eigenvalue weighted by Crippen LogP contribution is -2.61. The molecule has 1 N–H and O–H groups in total. The van der Waals surface area contributed by atoms with Gasteiger partial charge in [0.25, 0.3) is 0 Å². The highest BCUT2D eigenvalue weighted by Crippen LogP contribution is 2.34. The van der Waals surface area contributed by atoms with Gasteiger partial charge in [-0.3, -0.25) is 14.5 Å². The molecule has 1 saturated carbocycles. The maximum atomic E-state index is 13.0. The number of methoxy groups -OCH3 is 3. The van der Waals surface area contributed by atoms with Gasteiger partial charge in [-0.05, 0) is 49.2 Å². The number of nitrogens with one attached hydrogen (secondary N) is 1. The largest absolute Gasteiger partial charge is 0.493 e. The molecule has 0 spiro atoms. The molecule has 1 aromatic carbocycles. The summed E-state index contributed by atoms with van der Waals surface area (Å²) in [5.41, 5.74) is 0.895. The summed E-state index contributed by atoms with van der Waals surface area (Å²) in [7, 11) is 4.54. The number of benzene rings is 1. The summed E-state index contributed by atoms with van der Waals surface area (Å²) in [5, 5.41) is 3.64. The van der Waals surface area contributed by atoms with E-state index >= 15 is 0 Å². The van der Waals surface area contributed by atoms with E-state index < -0.39 is 0 Å². The molecule has 3 unspecified atom stereocenters. The number of esters is 1. The summed E-state index contributed by atoms with van der Waals surface area (Å²) in [6.45, 7) is 0.356. The Bertz CT molecular complexity index is 754. The molecule has 3 atom stereocenters. The van der Waals surface area contributed by atoms with Crippen molar-refractivity contribution in [3.05, 3.63) is 23.8 Å². The molecule has 1 aliphatic heterocycles. The van der Waals surface area contributed by atoms with Crippen LogP contribution in [0.3, 0.4) is 0 Å². The molecule has 27 heavy (non-hydrogen) atoms. The van der Waals surface area contributed by atoms with Crippen LogP contribution in [0.4, 0.5) is 0 Å². The van der Waals surface area contributed by atoms with Crippen LogP contribution < -0.4 is 14.8 Å². The average molecular weight is 392 g/mol. The number of fused-ring (bicyclic) bond motifs is 1. The molecule has 1 saturated heterocycles. The molecule has 146 valence electrons. The molecule has 0 aromatic heterocycles. The minimum Gasteiger partial charge on any atom is -0.493 e. The van der Waals surface area contributed by atoms with E-state index in [9.17, 15) is 9.59 Å². The smallest absolute Gasteiger partial charge is 0.308 e. The number of hydrogen-bond donors (Lipinski definition) is 1. The third kappa shape index (κ3) is 3.85. The number of carbonyl (C=O) groups is 2. The van der Waals surface area contributed by atoms with E-state index in [1.54, 1.807) is 19.1 Å². The molecule has 3 rings (SSSR count). The Kier molecular flexibility index (Phi) is 5.84. The molecule has 1 aliphatic carbocycles. The SMILES string of the molecule is COC(=O)C1CCC2C(=O)N(Cc3ccc(OC)c(OC)c3)C(=S)NC2C1. The van der Waals surface area contributed by atoms with E-state index in [1.807, 2.05) is 18.2 Å². The van der Waals surface area contributed by atoms with Crippen molar-refractivity contribution in [1.29, 1.82) is 0 Å². The minimum absolute atomic E-state index is 0.00171. The molecule has 1 amide bonds. The fourth-order valence-corrected chi connectivity index (χ4v) is 4.16. The number of nitrogens with zero attached hydrogens (tertiary/aromatic N) is 1. The maximum Gasteiger partial charge on any atom is 0.308 e. The van der Waals surface area contributed by atoms with Crippen LogP contribution in [0.25, 0.3) is 0 Å². The lowest BCUT2D eigenvalue weighted by atomic mass is 9.76. The summed E-state index contributed by atoms with van der Waals surface area (Å²) in [5.74, 6) is 0.653. The predicted octanol–water partition coefficient (Wildman–Crippen LogP) is 1.88. The number of hydrogen-bond acceptors (Lipinski definition) is 6. The van der Waals surface area contributed by atoms with Crippen molar-refractivity contribution in [2.75, 3.05) is 21.3 Å². The minimum atomic E-state index is -0.221. The van der Waals surface area contributed by atoms with Gasteiger partial charge < -0.3 is 19.5 Å². The Labute approximate surface area is 163 Å². The van der Waals surface area contributed by atoms with Crippen LogP contribution in [0.1, 0.15) is 24.8 Å². The van der Waals surface area contributed by atoms with E-state index in [0.29, 0.717) is 42.4 Å². The van der Waals surface area contributed by atoms with Gasteiger partial charge in [-0.25, -0.2) is 0 Å². The van der Waals surface area contributed by atoms with Crippen molar-refractivity contribution in [2.24, 2.45) is 11.8 Å². The topological polar surface area (TPSA) is 77.1 Å². The summed E-state index contributed by atoms with van der Waals surface area (Å²) in [6.07, 6.45) is 1.85. The number of carbonyl (C=O) groups excluding carboxylic acids is 2. The van der Waals surface area contributed by atoms with Gasteiger partial charge in [0.15, 0.2) is 16.6 Å². The standard InChI is InChI=1S/C19H24N2O5S/c1-24-15-7-4-11(8-16(15)25-2)10-21-17(22)13-6-5-12(18(23)26-3)9-14(13)20-19(21)27/h4,7-8,12-14H,5-6,9-10H2,1-3H3,(H,20,27). The van der Waals surface area contributed by atoms with Gasteiger partial charge in [0.2, 0.25) is 5.91 Å². The molecule has 2 aliphatic rings. The zero-order chi connectivity index (χ0) is 19.6. The summed E-state index contributed by atoms with van der Waals surface area (Å²) in [4.78, 5) is 26.4. The fourth-order valence-electron chi connectivity index (χ4n) is 3.85. The Balaban J connectivity index is 1.73. The maximum absolute atomic E-state index is 13.0. The van der Waals surface area contributed by atoms with Crippen LogP contribution >= 0.6 is 12.2 Å². The highest BCUT2D eigenvalue weighted by Gasteiger charge is 2.44. The monoisotopic (exact) mass is 392 g/mol. The zero-order valence-electron chi connectivity index (χ0n) is 15.7. The Morgan fingerprint density at radius 1 is 1.22 bits per heavy atom. The van der Waals surface area contributed by atoms with Gasteiger partial charge in [0.05, 0.1) is 39.7 Å². The lowest BCUT2D eigenvalue weighted by Gasteiger charge is -2.43. The first-order valence-electron chi connectivity index (χ1n) is 8.89. The Hall–Kier alpha value is -2.35. The van der Waals surface area contributed by atoms with Gasteiger partial charge in [-0.2, -0.15) is 0 Å². The first-order chi connectivity index (χ1) is 13.0. The third-order valence-electron chi connectivity index (χ3n) is 5.31. The van der Waals surface area contributed by atoms with Gasteiger partial charge >= 0.3 is 5.97 Å². The lowest BCUT2D eigenvalue weighted by molar-refractivity contribution is -0.149. The third-order valence-corrected chi connectivity index (χ3v) is 5.65. The van der Waals surface area contributed by atoms with Crippen LogP contribution in [0.15, 0.2) is 18.2 Å². The van der Waals surface area contributed by atoms with E-state index in [4.69, 9.17) is 26.4 Å². The molecule has 0 radical (unpaired) electrons. The van der Waals surface area contributed by atoms with Crippen LogP contribution in [-0.4, -0.2) is 49.3 Å². The second-order valence-electron chi connectivity index (χ2n) is 6.81. The molecule has 1 heterocycles. The van der Waals surface area contributed by atoms with Gasteiger partial charge in [-0.1, -0.05) is 6.07 Å². The van der Waals surface area contributed by atoms with E-state index in [2.05, 4.69) is 5.32 Å². The first-order valence-corrected chi connectivity index (χ1v) is 9.30. The van der Waals surface area contributed by atoms with Crippen molar-refractivity contribution in [3.63, 3.8) is 0 Å². The van der Waals surface area contributed by atoms with Gasteiger partial charge in [0, 0.05) is 6.04 Å². The first kappa shape index (κ1) is 19.4. The van der Waals surface area contributed by atoms with E-state index in [0.717, 1.165) is 5.56 Å². The zero-order valence-corrected chi connectivity index (χ0v) is 16.5. The van der Waals surface area contributed by atoms with Crippen LogP contribution in [0.5, 0.6) is 11.5 Å². The highest BCUT2D eigenvalue weighted by atomic mass is 32.1. The second kappa shape index (κ2) is 8.12. The highest BCUT2D eigenvalue weighted by molar-refractivity contribution is 7.80. The van der Waals surface area contributed by atoms with Crippen molar-refractivity contribution >= 4 is 29.2 Å². The Morgan fingerprint density at radius 2 is 1.96 bits per heavy atom. The summed E-state index contributed by atoms with van der Waals surface area (Å²) < 4.78 is 15.4. The number of thiocarbonyl (C=S) groups is 1. The molecule has 8 heteroatoms. The average Bonchev–Trinajstić information content (AvgIpc) is 2.69. The van der Waals surface area contributed by atoms with E-state index in [1.165, 1.54) is 7.11 Å². The number of amides is 1. The van der Waals surface area contributed by atoms with Crippen LogP contribution in [-0.2, 0) is 20.9 Å². The normalized spacial score (nSPS) is 24.7. The molecular weight excluding hydrogens is 368 g/mol. The molecule has 7 nitrogen and oxygen atoms in total. The molecule has 2 fully saturated rings. The van der Waals surface area contributed by atoms with Crippen molar-refractivity contribution in [3.8, 4) is 11.5 Å². The van der Waals surface area contributed by atoms with E-state index in [-0.39, 0.29) is 29.8 Å². The van der Waals surface area contributed by atoms with Crippen molar-refractivity contribution in [2.45, 2.75) is 31.8 Å². The van der Waals surface area contributed by atoms with Crippen LogP contribution in [0.2, 0.25) is 0 Å². The van der Waals surface area contributed by atoms with Crippen molar-refractivity contribution in [1.82, 2.24) is 10.2 Å². The molecule has 0 bridgehead atoms. The van der Waals surface area contributed by atoms with Gasteiger partial charge in [-0.15, -0.1) is 0 Å². The second-order valence-corrected chi connectivity index (χ2v) is 7.20. The Morgan fingerprint density at radius 3 is 2.63 bits per heavy atom. The summed E-state index contributed by atoms with van der Waals surface area (Å²) in [6, 6.07) is 5.42. The predicted molar refractivity (Wildman–Crippen MR) is 102 cm³/mol.